The molecule has 2 saturated heterocycles. The van der Waals surface area contributed by atoms with Gasteiger partial charge in [-0.05, 0) is 49.9 Å². The van der Waals surface area contributed by atoms with E-state index in [1.54, 1.807) is 9.80 Å². The average molecular weight is 372 g/mol. The molecule has 3 amide bonds. The fourth-order valence-electron chi connectivity index (χ4n) is 3.74. The quantitative estimate of drug-likeness (QED) is 0.712. The number of nitrogens with one attached hydrogen (secondary N) is 1. The second-order valence-corrected chi connectivity index (χ2v) is 7.19. The van der Waals surface area contributed by atoms with Gasteiger partial charge in [0.05, 0.1) is 6.54 Å². The molecule has 146 valence electrons. The molecule has 7 nitrogen and oxygen atoms in total. The first-order chi connectivity index (χ1) is 13.0. The molecule has 0 radical (unpaired) electrons. The number of unbranched alkanes of at least 4 members (excludes halogenated alkanes) is 1. The number of carbonyl (C=O) groups excluding carboxylic acids is 3. The lowest BCUT2D eigenvalue weighted by molar-refractivity contribution is -0.152. The van der Waals surface area contributed by atoms with E-state index in [1.807, 2.05) is 24.3 Å². The summed E-state index contributed by atoms with van der Waals surface area (Å²) in [6.07, 6.45) is 3.17. The molecule has 1 aromatic carbocycles. The maximum absolute atomic E-state index is 12.8. The van der Waals surface area contributed by atoms with E-state index in [0.717, 1.165) is 19.3 Å². The topological polar surface area (TPSA) is 95.7 Å². The van der Waals surface area contributed by atoms with Gasteiger partial charge in [-0.1, -0.05) is 19.1 Å². The van der Waals surface area contributed by atoms with Crippen LogP contribution in [0.2, 0.25) is 0 Å². The highest BCUT2D eigenvalue weighted by Gasteiger charge is 2.43. The third kappa shape index (κ3) is 4.13. The Morgan fingerprint density at radius 2 is 1.93 bits per heavy atom. The number of rotatable bonds is 6. The first kappa shape index (κ1) is 19.4. The van der Waals surface area contributed by atoms with Gasteiger partial charge in [-0.2, -0.15) is 0 Å². The van der Waals surface area contributed by atoms with Crippen LogP contribution in [0.3, 0.4) is 0 Å². The van der Waals surface area contributed by atoms with Gasteiger partial charge in [0.2, 0.25) is 11.8 Å². The maximum Gasteiger partial charge on any atom is 0.253 e. The highest BCUT2D eigenvalue weighted by atomic mass is 16.2. The number of aryl methyl sites for hydroxylation is 1. The number of fused-ring (bicyclic) bond motifs is 1. The normalized spacial score (nSPS) is 22.4. The Labute approximate surface area is 159 Å². The number of nitrogens with zero attached hydrogens (tertiary/aromatic N) is 2. The number of hydrogen-bond donors (Lipinski definition) is 2. The lowest BCUT2D eigenvalue weighted by Gasteiger charge is -2.45. The van der Waals surface area contributed by atoms with Crippen molar-refractivity contribution < 1.29 is 14.4 Å². The van der Waals surface area contributed by atoms with Crippen LogP contribution in [0, 0.1) is 0 Å². The third-order valence-electron chi connectivity index (χ3n) is 5.42. The zero-order chi connectivity index (χ0) is 19.4. The van der Waals surface area contributed by atoms with E-state index < -0.39 is 12.1 Å². The summed E-state index contributed by atoms with van der Waals surface area (Å²) in [7, 11) is 0. The molecule has 0 aliphatic carbocycles. The monoisotopic (exact) mass is 372 g/mol. The SMILES string of the molecule is CCc1ccc(C(=O)N2CCN3C(=O)[C@H](CCCCN)NC(=O)[C@H]3C2)cc1. The largest absolute Gasteiger partial charge is 0.342 e. The van der Waals surface area contributed by atoms with Gasteiger partial charge in [0.15, 0.2) is 0 Å². The van der Waals surface area contributed by atoms with Gasteiger partial charge in [0, 0.05) is 18.7 Å². The Hall–Kier alpha value is -2.41. The summed E-state index contributed by atoms with van der Waals surface area (Å²) in [6, 6.07) is 6.48. The van der Waals surface area contributed by atoms with Crippen molar-refractivity contribution in [3.05, 3.63) is 35.4 Å². The summed E-state index contributed by atoms with van der Waals surface area (Å²) >= 11 is 0. The minimum atomic E-state index is -0.601. The predicted octanol–water partition coefficient (Wildman–Crippen LogP) is 0.529. The second kappa shape index (κ2) is 8.52. The third-order valence-corrected chi connectivity index (χ3v) is 5.42. The molecule has 1 aromatic rings. The first-order valence-electron chi connectivity index (χ1n) is 9.74. The number of hydrogen-bond acceptors (Lipinski definition) is 4. The van der Waals surface area contributed by atoms with Crippen molar-refractivity contribution in [3.63, 3.8) is 0 Å². The van der Waals surface area contributed by atoms with Gasteiger partial charge < -0.3 is 20.9 Å². The van der Waals surface area contributed by atoms with E-state index in [9.17, 15) is 14.4 Å². The van der Waals surface area contributed by atoms with Crippen LogP contribution in [0.25, 0.3) is 0 Å². The predicted molar refractivity (Wildman–Crippen MR) is 102 cm³/mol. The fraction of sp³-hybridized carbons (Fsp3) is 0.550. The minimum absolute atomic E-state index is 0.0454. The van der Waals surface area contributed by atoms with E-state index in [4.69, 9.17) is 5.73 Å². The Morgan fingerprint density at radius 1 is 1.19 bits per heavy atom. The van der Waals surface area contributed by atoms with E-state index in [2.05, 4.69) is 12.2 Å². The van der Waals surface area contributed by atoms with Crippen LogP contribution in [0.15, 0.2) is 24.3 Å². The first-order valence-corrected chi connectivity index (χ1v) is 9.74. The molecule has 3 rings (SSSR count). The number of piperazine rings is 2. The zero-order valence-electron chi connectivity index (χ0n) is 15.8. The molecule has 2 fully saturated rings. The van der Waals surface area contributed by atoms with Gasteiger partial charge in [-0.25, -0.2) is 0 Å². The summed E-state index contributed by atoms with van der Waals surface area (Å²) in [5, 5.41) is 2.83. The van der Waals surface area contributed by atoms with Crippen LogP contribution in [0.4, 0.5) is 0 Å². The van der Waals surface area contributed by atoms with Crippen LogP contribution in [0.5, 0.6) is 0 Å². The number of carbonyl (C=O) groups is 3. The standard InChI is InChI=1S/C20H28N4O3/c1-2-14-6-8-15(9-7-14)19(26)23-11-12-24-17(13-23)18(25)22-16(20(24)27)5-3-4-10-21/h6-9,16-17H,2-5,10-13,21H2,1H3,(H,22,25)/t16-,17+/m0/s1. The van der Waals surface area contributed by atoms with Crippen molar-refractivity contribution in [1.82, 2.24) is 15.1 Å². The van der Waals surface area contributed by atoms with Crippen molar-refractivity contribution in [2.75, 3.05) is 26.2 Å². The Morgan fingerprint density at radius 3 is 2.59 bits per heavy atom. The van der Waals surface area contributed by atoms with Gasteiger partial charge >= 0.3 is 0 Å². The van der Waals surface area contributed by atoms with E-state index in [-0.39, 0.29) is 24.3 Å². The highest BCUT2D eigenvalue weighted by molar-refractivity contribution is 5.99. The Kier molecular flexibility index (Phi) is 6.11. The van der Waals surface area contributed by atoms with Gasteiger partial charge in [-0.15, -0.1) is 0 Å². The van der Waals surface area contributed by atoms with Gasteiger partial charge in [0.25, 0.3) is 5.91 Å². The van der Waals surface area contributed by atoms with E-state index >= 15 is 0 Å². The molecular weight excluding hydrogens is 344 g/mol. The smallest absolute Gasteiger partial charge is 0.253 e. The van der Waals surface area contributed by atoms with Crippen LogP contribution >= 0.6 is 0 Å². The highest BCUT2D eigenvalue weighted by Crippen LogP contribution is 2.20. The molecule has 2 aliphatic heterocycles. The molecule has 0 unspecified atom stereocenters. The summed E-state index contributed by atoms with van der Waals surface area (Å²) in [5.41, 5.74) is 7.29. The summed E-state index contributed by atoms with van der Waals surface area (Å²) in [5.74, 6) is -0.315. The lowest BCUT2D eigenvalue weighted by Crippen LogP contribution is -2.69. The van der Waals surface area contributed by atoms with Crippen molar-refractivity contribution in [2.45, 2.75) is 44.7 Å². The molecule has 2 aliphatic rings. The molecule has 27 heavy (non-hydrogen) atoms. The average Bonchev–Trinajstić information content (AvgIpc) is 2.71. The summed E-state index contributed by atoms with van der Waals surface area (Å²) in [4.78, 5) is 41.3. The van der Waals surface area contributed by atoms with Crippen LogP contribution in [-0.4, -0.2) is 65.8 Å². The van der Waals surface area contributed by atoms with Crippen molar-refractivity contribution in [3.8, 4) is 0 Å². The summed E-state index contributed by atoms with van der Waals surface area (Å²) < 4.78 is 0. The van der Waals surface area contributed by atoms with Gasteiger partial charge in [-0.3, -0.25) is 14.4 Å². The number of amides is 3. The van der Waals surface area contributed by atoms with Crippen LogP contribution < -0.4 is 11.1 Å². The lowest BCUT2D eigenvalue weighted by atomic mass is 9.99. The van der Waals surface area contributed by atoms with E-state index in [1.165, 1.54) is 5.56 Å². The number of benzene rings is 1. The summed E-state index contributed by atoms with van der Waals surface area (Å²) in [6.45, 7) is 3.72. The molecule has 0 bridgehead atoms. The van der Waals surface area contributed by atoms with Gasteiger partial charge in [0.1, 0.15) is 12.1 Å². The van der Waals surface area contributed by atoms with Crippen LogP contribution in [-0.2, 0) is 16.0 Å². The Balaban J connectivity index is 1.65. The fourth-order valence-corrected chi connectivity index (χ4v) is 3.74. The maximum atomic E-state index is 12.8. The molecule has 0 aromatic heterocycles. The van der Waals surface area contributed by atoms with E-state index in [0.29, 0.717) is 31.6 Å². The van der Waals surface area contributed by atoms with Crippen molar-refractivity contribution >= 4 is 17.7 Å². The number of nitrogens with two attached hydrogens (primary N) is 1. The van der Waals surface area contributed by atoms with Crippen molar-refractivity contribution in [1.29, 1.82) is 0 Å². The van der Waals surface area contributed by atoms with Crippen LogP contribution in [0.1, 0.15) is 42.1 Å². The molecule has 7 heteroatoms. The molecular formula is C20H28N4O3. The van der Waals surface area contributed by atoms with Crippen molar-refractivity contribution in [2.24, 2.45) is 5.73 Å². The zero-order valence-corrected chi connectivity index (χ0v) is 15.8. The molecule has 0 saturated carbocycles. The molecule has 0 spiro atoms. The molecule has 2 atom stereocenters. The molecule has 3 N–H and O–H groups in total. The molecule has 2 heterocycles. The second-order valence-electron chi connectivity index (χ2n) is 7.19. The Bertz CT molecular complexity index is 704. The minimum Gasteiger partial charge on any atom is -0.342 e.